The van der Waals surface area contributed by atoms with E-state index in [-0.39, 0.29) is 24.9 Å². The topological polar surface area (TPSA) is 75.7 Å². The highest BCUT2D eigenvalue weighted by atomic mass is 32.2. The molecule has 0 unspecified atom stereocenters. The Morgan fingerprint density at radius 1 is 1.14 bits per heavy atom. The zero-order valence-corrected chi connectivity index (χ0v) is 18.3. The molecule has 0 saturated carbocycles. The SMILES string of the molecule is CCc1ccc(N(CCCC(=O)N[C@H](C)c2ccccc2OC)S(C)(=O)=O)cc1. The molecule has 2 aromatic rings. The van der Waals surface area contributed by atoms with Crippen molar-refractivity contribution < 1.29 is 17.9 Å². The van der Waals surface area contributed by atoms with E-state index in [1.807, 2.05) is 62.4 Å². The summed E-state index contributed by atoms with van der Waals surface area (Å²) in [7, 11) is -1.83. The highest BCUT2D eigenvalue weighted by molar-refractivity contribution is 7.92. The minimum Gasteiger partial charge on any atom is -0.496 e. The van der Waals surface area contributed by atoms with Crippen LogP contribution < -0.4 is 14.4 Å². The summed E-state index contributed by atoms with van der Waals surface area (Å²) in [6.45, 7) is 4.20. The van der Waals surface area contributed by atoms with Gasteiger partial charge in [-0.1, -0.05) is 37.3 Å². The largest absolute Gasteiger partial charge is 0.496 e. The number of ether oxygens (including phenoxy) is 1. The Bertz CT molecular complexity index is 911. The number of sulfonamides is 1. The summed E-state index contributed by atoms with van der Waals surface area (Å²) < 4.78 is 31.1. The molecule has 6 nitrogen and oxygen atoms in total. The molecule has 0 aliphatic rings. The fourth-order valence-electron chi connectivity index (χ4n) is 3.18. The molecular formula is C22H30N2O4S. The molecule has 0 heterocycles. The van der Waals surface area contributed by atoms with Crippen molar-refractivity contribution in [2.24, 2.45) is 0 Å². The van der Waals surface area contributed by atoms with Crippen molar-refractivity contribution >= 4 is 21.6 Å². The standard InChI is InChI=1S/C22H30N2O4S/c1-5-18-12-14-19(15-13-18)24(29(4,26)27)16-8-11-22(25)23-17(2)20-9-6-7-10-21(20)28-3/h6-7,9-10,12-15,17H,5,8,11,16H2,1-4H3,(H,23,25)/t17-/m1/s1. The first-order valence-corrected chi connectivity index (χ1v) is 11.6. The van der Waals surface area contributed by atoms with E-state index in [0.717, 1.165) is 23.3 Å². The lowest BCUT2D eigenvalue weighted by atomic mass is 10.1. The second-order valence-electron chi connectivity index (χ2n) is 6.99. The third kappa shape index (κ3) is 6.49. The molecule has 158 valence electrons. The number of para-hydroxylation sites is 1. The molecule has 0 aliphatic heterocycles. The van der Waals surface area contributed by atoms with Gasteiger partial charge < -0.3 is 10.1 Å². The van der Waals surface area contributed by atoms with Crippen molar-refractivity contribution in [3.8, 4) is 5.75 Å². The lowest BCUT2D eigenvalue weighted by molar-refractivity contribution is -0.121. The summed E-state index contributed by atoms with van der Waals surface area (Å²) in [5.74, 6) is 0.595. The van der Waals surface area contributed by atoms with Gasteiger partial charge >= 0.3 is 0 Å². The van der Waals surface area contributed by atoms with Crippen LogP contribution >= 0.6 is 0 Å². The fourth-order valence-corrected chi connectivity index (χ4v) is 4.15. The van der Waals surface area contributed by atoms with Crippen LogP contribution in [-0.2, 0) is 21.2 Å². The lowest BCUT2D eigenvalue weighted by Crippen LogP contribution is -2.32. The van der Waals surface area contributed by atoms with Gasteiger partial charge in [-0.3, -0.25) is 9.10 Å². The van der Waals surface area contributed by atoms with Crippen molar-refractivity contribution in [2.45, 2.75) is 39.2 Å². The van der Waals surface area contributed by atoms with Gasteiger partial charge in [0.05, 0.1) is 25.1 Å². The van der Waals surface area contributed by atoms with Gasteiger partial charge in [-0.05, 0) is 43.5 Å². The van der Waals surface area contributed by atoms with Gasteiger partial charge in [-0.25, -0.2) is 8.42 Å². The molecule has 0 fully saturated rings. The Hall–Kier alpha value is -2.54. The van der Waals surface area contributed by atoms with Gasteiger partial charge in [-0.2, -0.15) is 0 Å². The van der Waals surface area contributed by atoms with Crippen molar-refractivity contribution in [1.29, 1.82) is 0 Å². The van der Waals surface area contributed by atoms with E-state index in [1.54, 1.807) is 7.11 Å². The highest BCUT2D eigenvalue weighted by Gasteiger charge is 2.18. The first kappa shape index (κ1) is 22.7. The Morgan fingerprint density at radius 2 is 1.79 bits per heavy atom. The van der Waals surface area contributed by atoms with Gasteiger partial charge in [0.25, 0.3) is 0 Å². The van der Waals surface area contributed by atoms with E-state index >= 15 is 0 Å². The molecule has 0 spiro atoms. The van der Waals surface area contributed by atoms with Gasteiger partial charge in [0.1, 0.15) is 5.75 Å². The number of hydrogen-bond donors (Lipinski definition) is 1. The second kappa shape index (κ2) is 10.3. The fraction of sp³-hybridized carbons (Fsp3) is 0.409. The van der Waals surface area contributed by atoms with Crippen molar-refractivity contribution in [2.75, 3.05) is 24.2 Å². The molecule has 1 atom stereocenters. The minimum absolute atomic E-state index is 0.127. The van der Waals surface area contributed by atoms with Crippen LogP contribution in [0.15, 0.2) is 48.5 Å². The normalized spacial score (nSPS) is 12.3. The van der Waals surface area contributed by atoms with Crippen LogP contribution in [0.3, 0.4) is 0 Å². The van der Waals surface area contributed by atoms with Crippen molar-refractivity contribution in [3.63, 3.8) is 0 Å². The Balaban J connectivity index is 1.95. The lowest BCUT2D eigenvalue weighted by Gasteiger charge is -2.23. The number of anilines is 1. The molecule has 0 aliphatic carbocycles. The zero-order chi connectivity index (χ0) is 21.4. The first-order chi connectivity index (χ1) is 13.8. The Labute approximate surface area is 173 Å². The zero-order valence-electron chi connectivity index (χ0n) is 17.5. The summed E-state index contributed by atoms with van der Waals surface area (Å²) in [6, 6.07) is 14.8. The monoisotopic (exact) mass is 418 g/mol. The minimum atomic E-state index is -3.43. The van der Waals surface area contributed by atoms with E-state index in [0.29, 0.717) is 12.1 Å². The highest BCUT2D eigenvalue weighted by Crippen LogP contribution is 2.24. The second-order valence-corrected chi connectivity index (χ2v) is 8.90. The maximum atomic E-state index is 12.4. The predicted molar refractivity (Wildman–Crippen MR) is 117 cm³/mol. The van der Waals surface area contributed by atoms with E-state index in [2.05, 4.69) is 5.32 Å². The van der Waals surface area contributed by atoms with Crippen LogP contribution in [0.1, 0.15) is 43.9 Å². The number of rotatable bonds is 10. The summed E-state index contributed by atoms with van der Waals surface area (Å²) in [6.07, 6.45) is 2.74. The molecule has 2 aromatic carbocycles. The molecule has 2 rings (SSSR count). The summed E-state index contributed by atoms with van der Waals surface area (Å²) in [5.41, 5.74) is 2.66. The molecule has 0 radical (unpaired) electrons. The summed E-state index contributed by atoms with van der Waals surface area (Å²) in [5, 5.41) is 2.95. The number of carbonyl (C=O) groups excluding carboxylic acids is 1. The number of nitrogens with one attached hydrogen (secondary N) is 1. The van der Waals surface area contributed by atoms with Gasteiger partial charge in [0.15, 0.2) is 0 Å². The number of aryl methyl sites for hydroxylation is 1. The number of methoxy groups -OCH3 is 1. The van der Waals surface area contributed by atoms with E-state index in [4.69, 9.17) is 4.74 Å². The number of benzene rings is 2. The average molecular weight is 419 g/mol. The molecule has 0 saturated heterocycles. The van der Waals surface area contributed by atoms with Crippen LogP contribution in [0.5, 0.6) is 5.75 Å². The van der Waals surface area contributed by atoms with E-state index in [9.17, 15) is 13.2 Å². The smallest absolute Gasteiger partial charge is 0.232 e. The number of amides is 1. The number of carbonyl (C=O) groups is 1. The molecule has 1 N–H and O–H groups in total. The molecular weight excluding hydrogens is 388 g/mol. The molecule has 7 heteroatoms. The third-order valence-corrected chi connectivity index (χ3v) is 5.97. The molecule has 0 bridgehead atoms. The van der Waals surface area contributed by atoms with Crippen LogP contribution in [0.25, 0.3) is 0 Å². The number of nitrogens with zero attached hydrogens (tertiary/aromatic N) is 1. The Morgan fingerprint density at radius 3 is 2.38 bits per heavy atom. The molecule has 29 heavy (non-hydrogen) atoms. The van der Waals surface area contributed by atoms with Gasteiger partial charge in [0.2, 0.25) is 15.9 Å². The van der Waals surface area contributed by atoms with Crippen LogP contribution in [0.4, 0.5) is 5.69 Å². The summed E-state index contributed by atoms with van der Waals surface area (Å²) >= 11 is 0. The van der Waals surface area contributed by atoms with Gasteiger partial charge in [-0.15, -0.1) is 0 Å². The number of hydrogen-bond acceptors (Lipinski definition) is 4. The summed E-state index contributed by atoms with van der Waals surface area (Å²) in [4.78, 5) is 12.4. The van der Waals surface area contributed by atoms with Crippen LogP contribution in [0.2, 0.25) is 0 Å². The Kier molecular flexibility index (Phi) is 8.08. The predicted octanol–water partition coefficient (Wildman–Crippen LogP) is 3.68. The van der Waals surface area contributed by atoms with E-state index in [1.165, 1.54) is 10.6 Å². The maximum absolute atomic E-state index is 12.4. The van der Waals surface area contributed by atoms with Crippen molar-refractivity contribution in [1.82, 2.24) is 5.32 Å². The quantitative estimate of drug-likeness (QED) is 0.639. The van der Waals surface area contributed by atoms with Crippen LogP contribution in [-0.4, -0.2) is 34.2 Å². The molecule has 1 amide bonds. The van der Waals surface area contributed by atoms with Crippen molar-refractivity contribution in [3.05, 3.63) is 59.7 Å². The van der Waals surface area contributed by atoms with Crippen LogP contribution in [0, 0.1) is 0 Å². The molecule has 0 aromatic heterocycles. The maximum Gasteiger partial charge on any atom is 0.232 e. The first-order valence-electron chi connectivity index (χ1n) is 9.75. The van der Waals surface area contributed by atoms with E-state index < -0.39 is 10.0 Å². The average Bonchev–Trinajstić information content (AvgIpc) is 2.70. The third-order valence-electron chi connectivity index (χ3n) is 4.78. The van der Waals surface area contributed by atoms with Gasteiger partial charge in [0, 0.05) is 18.5 Å².